The van der Waals surface area contributed by atoms with Gasteiger partial charge >= 0.3 is 0 Å². The SMILES string of the molecule is Cc1cc(Nc2nccc(C3=CC(O)N([C@H](CO)c4ccc(Cl)c(F)c4)C=C3)n2)c(C)cn1. The smallest absolute Gasteiger partial charge is 0.227 e. The van der Waals surface area contributed by atoms with Gasteiger partial charge in [0.15, 0.2) is 0 Å². The van der Waals surface area contributed by atoms with Crippen LogP contribution in [0.3, 0.4) is 0 Å². The quantitative estimate of drug-likeness (QED) is 0.497. The van der Waals surface area contributed by atoms with Gasteiger partial charge in [0.05, 0.1) is 23.4 Å². The predicted molar refractivity (Wildman–Crippen MR) is 125 cm³/mol. The number of anilines is 2. The third-order valence-electron chi connectivity index (χ3n) is 5.36. The van der Waals surface area contributed by atoms with E-state index in [0.29, 0.717) is 22.8 Å². The monoisotopic (exact) mass is 467 g/mol. The minimum Gasteiger partial charge on any atom is -0.394 e. The molecule has 2 aromatic heterocycles. The molecule has 1 aliphatic rings. The molecule has 3 N–H and O–H groups in total. The number of hydrogen-bond acceptors (Lipinski definition) is 7. The summed E-state index contributed by atoms with van der Waals surface area (Å²) in [6.07, 6.45) is 7.40. The largest absolute Gasteiger partial charge is 0.394 e. The number of nitrogens with one attached hydrogen (secondary N) is 1. The number of rotatable bonds is 6. The number of nitrogens with zero attached hydrogens (tertiary/aromatic N) is 4. The molecule has 0 fully saturated rings. The molecule has 1 unspecified atom stereocenters. The van der Waals surface area contributed by atoms with Crippen molar-refractivity contribution in [3.63, 3.8) is 0 Å². The third kappa shape index (κ3) is 5.03. The number of aliphatic hydroxyl groups excluding tert-OH is 2. The average molecular weight is 468 g/mol. The highest BCUT2D eigenvalue weighted by molar-refractivity contribution is 6.30. The van der Waals surface area contributed by atoms with E-state index in [9.17, 15) is 14.6 Å². The highest BCUT2D eigenvalue weighted by atomic mass is 35.5. The van der Waals surface area contributed by atoms with Gasteiger partial charge in [-0.1, -0.05) is 17.7 Å². The molecule has 0 radical (unpaired) electrons. The van der Waals surface area contributed by atoms with Crippen LogP contribution in [0.2, 0.25) is 5.02 Å². The normalized spacial score (nSPS) is 16.5. The topological polar surface area (TPSA) is 94.4 Å². The number of halogens is 2. The predicted octanol–water partition coefficient (Wildman–Crippen LogP) is 4.29. The number of aliphatic hydroxyl groups is 2. The Bertz CT molecular complexity index is 1230. The van der Waals surface area contributed by atoms with Crippen molar-refractivity contribution in [2.45, 2.75) is 26.1 Å². The Morgan fingerprint density at radius 1 is 1.21 bits per heavy atom. The lowest BCUT2D eigenvalue weighted by Gasteiger charge is -2.35. The summed E-state index contributed by atoms with van der Waals surface area (Å²) in [6, 6.07) is 7.32. The number of pyridine rings is 1. The molecule has 3 aromatic rings. The van der Waals surface area contributed by atoms with E-state index in [1.807, 2.05) is 19.9 Å². The first kappa shape index (κ1) is 22.8. The zero-order chi connectivity index (χ0) is 23.5. The van der Waals surface area contributed by atoms with Crippen molar-refractivity contribution in [1.29, 1.82) is 0 Å². The van der Waals surface area contributed by atoms with Gasteiger partial charge in [0.2, 0.25) is 5.95 Å². The standard InChI is InChI=1S/C24H23ClFN5O2/c1-14-12-28-15(2)9-21(14)30-24-27-7-5-20(29-24)16-6-8-31(23(33)11-16)22(13-32)17-3-4-18(25)19(26)10-17/h3-12,22-23,32-33H,13H2,1-2H3,(H,27,28,29,30)/t22-,23?/m1/s1. The van der Waals surface area contributed by atoms with Gasteiger partial charge in [0, 0.05) is 35.5 Å². The molecule has 170 valence electrons. The molecule has 2 atom stereocenters. The van der Waals surface area contributed by atoms with Crippen molar-refractivity contribution in [3.05, 3.63) is 94.4 Å². The second kappa shape index (κ2) is 9.66. The molecule has 1 aromatic carbocycles. The van der Waals surface area contributed by atoms with Crippen LogP contribution in [-0.4, -0.2) is 42.9 Å². The molecule has 33 heavy (non-hydrogen) atoms. The highest BCUT2D eigenvalue weighted by Gasteiger charge is 2.25. The number of allylic oxidation sites excluding steroid dienone is 2. The van der Waals surface area contributed by atoms with Crippen LogP contribution in [0.15, 0.2) is 61.1 Å². The van der Waals surface area contributed by atoms with Crippen molar-refractivity contribution >= 4 is 28.8 Å². The van der Waals surface area contributed by atoms with Gasteiger partial charge in [-0.3, -0.25) is 4.98 Å². The lowest BCUT2D eigenvalue weighted by molar-refractivity contribution is 0.0254. The minimum atomic E-state index is -1.06. The Morgan fingerprint density at radius 2 is 2.03 bits per heavy atom. The molecule has 1 aliphatic heterocycles. The molecule has 9 heteroatoms. The average Bonchev–Trinajstić information content (AvgIpc) is 2.80. The summed E-state index contributed by atoms with van der Waals surface area (Å²) in [5, 5.41) is 23.9. The first-order valence-electron chi connectivity index (χ1n) is 10.3. The Labute approximate surface area is 195 Å². The second-order valence-corrected chi connectivity index (χ2v) is 8.11. The van der Waals surface area contributed by atoms with E-state index >= 15 is 0 Å². The van der Waals surface area contributed by atoms with Gasteiger partial charge in [-0.2, -0.15) is 0 Å². The van der Waals surface area contributed by atoms with Crippen LogP contribution in [0.25, 0.3) is 5.57 Å². The zero-order valence-electron chi connectivity index (χ0n) is 18.1. The van der Waals surface area contributed by atoms with Crippen molar-refractivity contribution in [2.24, 2.45) is 0 Å². The first-order valence-corrected chi connectivity index (χ1v) is 10.7. The molecule has 0 bridgehead atoms. The fraction of sp³-hybridized carbons (Fsp3) is 0.208. The molecular formula is C24H23ClFN5O2. The number of aromatic nitrogens is 3. The van der Waals surface area contributed by atoms with E-state index in [0.717, 1.165) is 16.9 Å². The Kier molecular flexibility index (Phi) is 6.69. The molecule has 3 heterocycles. The maximum absolute atomic E-state index is 13.9. The van der Waals surface area contributed by atoms with Crippen LogP contribution < -0.4 is 5.32 Å². The van der Waals surface area contributed by atoms with Crippen LogP contribution >= 0.6 is 11.6 Å². The van der Waals surface area contributed by atoms with Crippen LogP contribution in [0.5, 0.6) is 0 Å². The fourth-order valence-corrected chi connectivity index (χ4v) is 3.69. The summed E-state index contributed by atoms with van der Waals surface area (Å²) in [6.45, 7) is 3.53. The molecule has 0 saturated carbocycles. The Balaban J connectivity index is 1.55. The summed E-state index contributed by atoms with van der Waals surface area (Å²) < 4.78 is 13.9. The Morgan fingerprint density at radius 3 is 2.76 bits per heavy atom. The zero-order valence-corrected chi connectivity index (χ0v) is 18.8. The minimum absolute atomic E-state index is 0.00217. The summed E-state index contributed by atoms with van der Waals surface area (Å²) in [7, 11) is 0. The van der Waals surface area contributed by atoms with E-state index in [1.54, 1.807) is 42.9 Å². The lowest BCUT2D eigenvalue weighted by atomic mass is 10.0. The summed E-state index contributed by atoms with van der Waals surface area (Å²) >= 11 is 5.77. The fourth-order valence-electron chi connectivity index (χ4n) is 3.57. The first-order chi connectivity index (χ1) is 15.9. The van der Waals surface area contributed by atoms with Crippen LogP contribution in [0.1, 0.15) is 28.6 Å². The molecule has 4 rings (SSSR count). The summed E-state index contributed by atoms with van der Waals surface area (Å²) in [5.74, 6) is -0.169. The number of aryl methyl sites for hydroxylation is 2. The van der Waals surface area contributed by atoms with Gasteiger partial charge in [-0.05, 0) is 61.4 Å². The maximum Gasteiger partial charge on any atom is 0.227 e. The van der Waals surface area contributed by atoms with Gasteiger partial charge in [0.25, 0.3) is 0 Å². The highest BCUT2D eigenvalue weighted by Crippen LogP contribution is 2.30. The van der Waals surface area contributed by atoms with Gasteiger partial charge in [0.1, 0.15) is 12.0 Å². The van der Waals surface area contributed by atoms with Crippen LogP contribution in [0, 0.1) is 19.7 Å². The maximum atomic E-state index is 13.9. The van der Waals surface area contributed by atoms with Crippen molar-refractivity contribution in [3.8, 4) is 0 Å². The van der Waals surface area contributed by atoms with Gasteiger partial charge < -0.3 is 20.4 Å². The van der Waals surface area contributed by atoms with Crippen molar-refractivity contribution < 1.29 is 14.6 Å². The number of hydrogen-bond donors (Lipinski definition) is 3. The molecule has 7 nitrogen and oxygen atoms in total. The lowest BCUT2D eigenvalue weighted by Crippen LogP contribution is -2.36. The van der Waals surface area contributed by atoms with E-state index in [-0.39, 0.29) is 11.6 Å². The summed E-state index contributed by atoms with van der Waals surface area (Å²) in [5.41, 5.74) is 4.50. The number of benzene rings is 1. The van der Waals surface area contributed by atoms with Crippen molar-refractivity contribution in [2.75, 3.05) is 11.9 Å². The van der Waals surface area contributed by atoms with Crippen LogP contribution in [0.4, 0.5) is 16.0 Å². The molecule has 0 aliphatic carbocycles. The molecule has 0 saturated heterocycles. The van der Waals surface area contributed by atoms with E-state index < -0.39 is 18.1 Å². The molecule has 0 spiro atoms. The Hall–Kier alpha value is -3.33. The molecule has 0 amide bonds. The van der Waals surface area contributed by atoms with Crippen LogP contribution in [-0.2, 0) is 0 Å². The van der Waals surface area contributed by atoms with E-state index in [2.05, 4.69) is 20.3 Å². The third-order valence-corrected chi connectivity index (χ3v) is 5.67. The van der Waals surface area contributed by atoms with Crippen molar-refractivity contribution in [1.82, 2.24) is 19.9 Å². The van der Waals surface area contributed by atoms with E-state index in [1.165, 1.54) is 17.0 Å². The molecular weight excluding hydrogens is 445 g/mol. The second-order valence-electron chi connectivity index (χ2n) is 7.70. The van der Waals surface area contributed by atoms with Gasteiger partial charge in [-0.25, -0.2) is 14.4 Å². The van der Waals surface area contributed by atoms with Gasteiger partial charge in [-0.15, -0.1) is 0 Å². The summed E-state index contributed by atoms with van der Waals surface area (Å²) in [4.78, 5) is 14.6. The van der Waals surface area contributed by atoms with E-state index in [4.69, 9.17) is 11.6 Å².